The van der Waals surface area contributed by atoms with Gasteiger partial charge in [0.15, 0.2) is 5.75 Å². The molecular formula is C11H19N3O. The quantitative estimate of drug-likeness (QED) is 0.799. The fourth-order valence-corrected chi connectivity index (χ4v) is 1.66. The number of nitrogens with zero attached hydrogens (tertiary/aromatic N) is 2. The third-order valence-corrected chi connectivity index (χ3v) is 2.56. The van der Waals surface area contributed by atoms with Gasteiger partial charge in [0.1, 0.15) is 6.10 Å². The van der Waals surface area contributed by atoms with Crippen molar-refractivity contribution in [1.82, 2.24) is 15.1 Å². The summed E-state index contributed by atoms with van der Waals surface area (Å²) in [6.45, 7) is 8.38. The zero-order valence-corrected chi connectivity index (χ0v) is 9.66. The summed E-state index contributed by atoms with van der Waals surface area (Å²) in [4.78, 5) is 0. The normalized spacial score (nSPS) is 21.9. The molecule has 0 bridgehead atoms. The van der Waals surface area contributed by atoms with Gasteiger partial charge in [0.25, 0.3) is 0 Å². The largest absolute Gasteiger partial charge is 0.486 e. The van der Waals surface area contributed by atoms with Crippen LogP contribution in [-0.2, 0) is 5.54 Å². The molecule has 4 heteroatoms. The van der Waals surface area contributed by atoms with Gasteiger partial charge in [-0.25, -0.2) is 0 Å². The maximum Gasteiger partial charge on any atom is 0.157 e. The first-order valence-corrected chi connectivity index (χ1v) is 5.48. The Morgan fingerprint density at radius 1 is 1.53 bits per heavy atom. The lowest BCUT2D eigenvalue weighted by Gasteiger charge is -2.18. The van der Waals surface area contributed by atoms with Crippen LogP contribution in [0.3, 0.4) is 0 Å². The lowest BCUT2D eigenvalue weighted by Crippen LogP contribution is -2.22. The van der Waals surface area contributed by atoms with Gasteiger partial charge in [-0.05, 0) is 33.7 Å². The molecule has 0 spiro atoms. The molecule has 1 N–H and O–H groups in total. The molecule has 1 saturated heterocycles. The molecular weight excluding hydrogens is 190 g/mol. The molecule has 84 valence electrons. The van der Waals surface area contributed by atoms with Crippen molar-refractivity contribution < 1.29 is 4.74 Å². The Kier molecular flexibility index (Phi) is 2.69. The van der Waals surface area contributed by atoms with Gasteiger partial charge in [0.05, 0.1) is 17.9 Å². The van der Waals surface area contributed by atoms with Gasteiger partial charge >= 0.3 is 0 Å². The minimum Gasteiger partial charge on any atom is -0.486 e. The Morgan fingerprint density at radius 2 is 2.33 bits per heavy atom. The van der Waals surface area contributed by atoms with E-state index in [0.717, 1.165) is 25.3 Å². The van der Waals surface area contributed by atoms with Crippen LogP contribution in [0.4, 0.5) is 0 Å². The average Bonchev–Trinajstić information content (AvgIpc) is 2.73. The molecule has 4 nitrogen and oxygen atoms in total. The zero-order valence-electron chi connectivity index (χ0n) is 9.66. The Balaban J connectivity index is 2.00. The minimum atomic E-state index is 0.0233. The first-order valence-electron chi connectivity index (χ1n) is 5.48. The standard InChI is InChI=1S/C11H19N3O/c1-11(2,3)14-8-10(7-13-14)15-9-4-5-12-6-9/h7-9,12H,4-6H2,1-3H3. The smallest absolute Gasteiger partial charge is 0.157 e. The summed E-state index contributed by atoms with van der Waals surface area (Å²) in [6.07, 6.45) is 5.16. The van der Waals surface area contributed by atoms with Gasteiger partial charge < -0.3 is 10.1 Å². The summed E-state index contributed by atoms with van der Waals surface area (Å²) in [5.41, 5.74) is 0.0233. The van der Waals surface area contributed by atoms with Crippen LogP contribution < -0.4 is 10.1 Å². The third kappa shape index (κ3) is 2.50. The molecule has 1 fully saturated rings. The van der Waals surface area contributed by atoms with E-state index in [2.05, 4.69) is 31.2 Å². The first-order chi connectivity index (χ1) is 7.05. The lowest BCUT2D eigenvalue weighted by molar-refractivity contribution is 0.222. The van der Waals surface area contributed by atoms with Crippen molar-refractivity contribution >= 4 is 0 Å². The predicted octanol–water partition coefficient (Wildman–Crippen LogP) is 1.38. The van der Waals surface area contributed by atoms with Gasteiger partial charge in [-0.3, -0.25) is 4.68 Å². The van der Waals surface area contributed by atoms with E-state index in [9.17, 15) is 0 Å². The molecule has 2 heterocycles. The van der Waals surface area contributed by atoms with Crippen LogP contribution >= 0.6 is 0 Å². The number of ether oxygens (including phenoxy) is 1. The van der Waals surface area contributed by atoms with E-state index in [0.29, 0.717) is 6.10 Å². The number of rotatable bonds is 2. The van der Waals surface area contributed by atoms with Crippen molar-refractivity contribution in [2.24, 2.45) is 0 Å². The van der Waals surface area contributed by atoms with Crippen LogP contribution in [0.25, 0.3) is 0 Å². The van der Waals surface area contributed by atoms with Crippen LogP contribution in [0, 0.1) is 0 Å². The highest BCUT2D eigenvalue weighted by atomic mass is 16.5. The maximum absolute atomic E-state index is 5.81. The van der Waals surface area contributed by atoms with E-state index in [-0.39, 0.29) is 5.54 Å². The van der Waals surface area contributed by atoms with E-state index in [1.54, 1.807) is 6.20 Å². The zero-order chi connectivity index (χ0) is 10.9. The molecule has 0 aromatic carbocycles. The second kappa shape index (κ2) is 3.85. The highest BCUT2D eigenvalue weighted by molar-refractivity contribution is 5.13. The van der Waals surface area contributed by atoms with Crippen molar-refractivity contribution in [2.45, 2.75) is 38.8 Å². The fraction of sp³-hybridized carbons (Fsp3) is 0.727. The third-order valence-electron chi connectivity index (χ3n) is 2.56. The highest BCUT2D eigenvalue weighted by Gasteiger charge is 2.18. The van der Waals surface area contributed by atoms with E-state index >= 15 is 0 Å². The van der Waals surface area contributed by atoms with Crippen LogP contribution in [0.2, 0.25) is 0 Å². The molecule has 2 rings (SSSR count). The lowest BCUT2D eigenvalue weighted by atomic mass is 10.1. The van der Waals surface area contributed by atoms with E-state index in [1.807, 2.05) is 10.9 Å². The summed E-state index contributed by atoms with van der Waals surface area (Å²) >= 11 is 0. The van der Waals surface area contributed by atoms with Crippen molar-refractivity contribution in [3.05, 3.63) is 12.4 Å². The van der Waals surface area contributed by atoms with Crippen molar-refractivity contribution in [3.8, 4) is 5.75 Å². The molecule has 0 aliphatic carbocycles. The highest BCUT2D eigenvalue weighted by Crippen LogP contribution is 2.19. The molecule has 1 aromatic rings. The summed E-state index contributed by atoms with van der Waals surface area (Å²) < 4.78 is 7.74. The van der Waals surface area contributed by atoms with Gasteiger partial charge in [-0.1, -0.05) is 0 Å². The second-order valence-corrected chi connectivity index (χ2v) is 5.02. The molecule has 1 aliphatic rings. The van der Waals surface area contributed by atoms with Gasteiger partial charge in [-0.15, -0.1) is 0 Å². The topological polar surface area (TPSA) is 39.1 Å². The van der Waals surface area contributed by atoms with Gasteiger partial charge in [-0.2, -0.15) is 5.10 Å². The number of hydrogen-bond acceptors (Lipinski definition) is 3. The number of aromatic nitrogens is 2. The van der Waals surface area contributed by atoms with Crippen LogP contribution in [0.1, 0.15) is 27.2 Å². The molecule has 1 aliphatic heterocycles. The first kappa shape index (κ1) is 10.5. The summed E-state index contributed by atoms with van der Waals surface area (Å²) in [5.74, 6) is 0.874. The molecule has 0 saturated carbocycles. The van der Waals surface area contributed by atoms with Gasteiger partial charge in [0.2, 0.25) is 0 Å². The summed E-state index contributed by atoms with van der Waals surface area (Å²) in [7, 11) is 0. The molecule has 15 heavy (non-hydrogen) atoms. The van der Waals surface area contributed by atoms with Crippen molar-refractivity contribution in [2.75, 3.05) is 13.1 Å². The minimum absolute atomic E-state index is 0.0233. The molecule has 0 amide bonds. The van der Waals surface area contributed by atoms with E-state index in [4.69, 9.17) is 4.74 Å². The molecule has 1 aromatic heterocycles. The van der Waals surface area contributed by atoms with Crippen LogP contribution in [-0.4, -0.2) is 29.0 Å². The maximum atomic E-state index is 5.81. The van der Waals surface area contributed by atoms with E-state index < -0.39 is 0 Å². The SMILES string of the molecule is CC(C)(C)n1cc(OC2CCNC2)cn1. The van der Waals surface area contributed by atoms with Crippen molar-refractivity contribution in [3.63, 3.8) is 0 Å². The summed E-state index contributed by atoms with van der Waals surface area (Å²) in [6, 6.07) is 0. The predicted molar refractivity (Wildman–Crippen MR) is 59.1 cm³/mol. The van der Waals surface area contributed by atoms with Gasteiger partial charge in [0, 0.05) is 6.54 Å². The molecule has 1 unspecified atom stereocenters. The molecule has 1 atom stereocenters. The van der Waals surface area contributed by atoms with E-state index in [1.165, 1.54) is 0 Å². The Morgan fingerprint density at radius 3 is 2.87 bits per heavy atom. The number of hydrogen-bond donors (Lipinski definition) is 1. The van der Waals surface area contributed by atoms with Crippen LogP contribution in [0.5, 0.6) is 5.75 Å². The number of nitrogens with one attached hydrogen (secondary N) is 1. The van der Waals surface area contributed by atoms with Crippen molar-refractivity contribution in [1.29, 1.82) is 0 Å². The average molecular weight is 209 g/mol. The second-order valence-electron chi connectivity index (χ2n) is 5.02. The monoisotopic (exact) mass is 209 g/mol. The van der Waals surface area contributed by atoms with Crippen LogP contribution in [0.15, 0.2) is 12.4 Å². The summed E-state index contributed by atoms with van der Waals surface area (Å²) in [5, 5.41) is 7.58. The Bertz CT molecular complexity index is 321. The Labute approximate surface area is 90.6 Å². The Hall–Kier alpha value is -1.03. The molecule has 0 radical (unpaired) electrons. The fourth-order valence-electron chi connectivity index (χ4n) is 1.66.